The normalized spacial score (nSPS) is 10.9. The zero-order valence-corrected chi connectivity index (χ0v) is 11.1. The number of rotatable bonds is 10. The van der Waals surface area contributed by atoms with Gasteiger partial charge in [0.1, 0.15) is 0 Å². The van der Waals surface area contributed by atoms with E-state index in [0.29, 0.717) is 0 Å². The molecule has 0 atom stereocenters. The largest absolute Gasteiger partial charge is 0.383 e. The van der Waals surface area contributed by atoms with Crippen LogP contribution in [0.1, 0.15) is 38.3 Å². The first-order valence-electron chi connectivity index (χ1n) is 6.57. The smallest absolute Gasteiger partial charge is 0.0949 e. The van der Waals surface area contributed by atoms with Crippen LogP contribution in [0.4, 0.5) is 0 Å². The Bertz CT molecular complexity index is 259. The van der Waals surface area contributed by atoms with Gasteiger partial charge in [0.25, 0.3) is 0 Å². The Kier molecular flexibility index (Phi) is 7.67. The highest BCUT2D eigenvalue weighted by Gasteiger charge is 1.98. The maximum absolute atomic E-state index is 4.97. The molecule has 4 heteroatoms. The zero-order chi connectivity index (χ0) is 12.3. The number of nitrogens with one attached hydrogen (secondary N) is 1. The van der Waals surface area contributed by atoms with Gasteiger partial charge in [-0.2, -0.15) is 0 Å². The molecule has 0 saturated heterocycles. The number of aryl methyl sites for hydroxylation is 1. The second-order valence-electron chi connectivity index (χ2n) is 4.33. The second-order valence-corrected chi connectivity index (χ2v) is 4.33. The summed E-state index contributed by atoms with van der Waals surface area (Å²) >= 11 is 0. The first kappa shape index (κ1) is 14.2. The number of hydrogen-bond donors (Lipinski definition) is 1. The SMILES string of the molecule is CCCCCCn1cnc(CNCCOC)c1. The van der Waals surface area contributed by atoms with E-state index in [9.17, 15) is 0 Å². The molecule has 0 aliphatic carbocycles. The number of aromatic nitrogens is 2. The molecule has 0 aromatic carbocycles. The Balaban J connectivity index is 2.14. The van der Waals surface area contributed by atoms with E-state index >= 15 is 0 Å². The van der Waals surface area contributed by atoms with Gasteiger partial charge >= 0.3 is 0 Å². The summed E-state index contributed by atoms with van der Waals surface area (Å²) in [6, 6.07) is 0. The molecule has 0 saturated carbocycles. The molecule has 0 unspecified atom stereocenters. The summed E-state index contributed by atoms with van der Waals surface area (Å²) in [7, 11) is 1.71. The zero-order valence-electron chi connectivity index (χ0n) is 11.1. The molecule has 0 fully saturated rings. The molecule has 0 radical (unpaired) electrons. The van der Waals surface area contributed by atoms with Gasteiger partial charge in [-0.05, 0) is 6.42 Å². The fraction of sp³-hybridized carbons (Fsp3) is 0.769. The van der Waals surface area contributed by atoms with Crippen molar-refractivity contribution < 1.29 is 4.74 Å². The summed E-state index contributed by atoms with van der Waals surface area (Å²) in [4.78, 5) is 4.37. The lowest BCUT2D eigenvalue weighted by atomic mass is 10.2. The number of nitrogens with zero attached hydrogens (tertiary/aromatic N) is 2. The Hall–Kier alpha value is -0.870. The van der Waals surface area contributed by atoms with Gasteiger partial charge in [-0.3, -0.25) is 0 Å². The van der Waals surface area contributed by atoms with E-state index in [2.05, 4.69) is 28.0 Å². The van der Waals surface area contributed by atoms with Gasteiger partial charge in [0.05, 0.1) is 18.6 Å². The number of unbranched alkanes of at least 4 members (excludes halogenated alkanes) is 3. The van der Waals surface area contributed by atoms with Crippen molar-refractivity contribution in [1.82, 2.24) is 14.9 Å². The predicted octanol–water partition coefficient (Wildman–Crippen LogP) is 2.20. The summed E-state index contributed by atoms with van der Waals surface area (Å²) in [6.07, 6.45) is 9.25. The number of ether oxygens (including phenoxy) is 1. The monoisotopic (exact) mass is 239 g/mol. The van der Waals surface area contributed by atoms with E-state index < -0.39 is 0 Å². The summed E-state index contributed by atoms with van der Waals surface area (Å²) in [5, 5.41) is 3.29. The molecule has 1 aromatic rings. The van der Waals surface area contributed by atoms with Crippen LogP contribution in [-0.4, -0.2) is 29.8 Å². The molecule has 0 spiro atoms. The van der Waals surface area contributed by atoms with Crippen LogP contribution < -0.4 is 5.32 Å². The minimum Gasteiger partial charge on any atom is -0.383 e. The van der Waals surface area contributed by atoms with Crippen LogP contribution in [0.2, 0.25) is 0 Å². The van der Waals surface area contributed by atoms with Gasteiger partial charge in [-0.25, -0.2) is 4.98 Å². The van der Waals surface area contributed by atoms with Crippen LogP contribution in [0.25, 0.3) is 0 Å². The lowest BCUT2D eigenvalue weighted by molar-refractivity contribution is 0.199. The molecule has 0 aliphatic heterocycles. The third kappa shape index (κ3) is 6.44. The summed E-state index contributed by atoms with van der Waals surface area (Å²) in [6.45, 7) is 5.77. The fourth-order valence-electron chi connectivity index (χ4n) is 1.73. The molecule has 0 bridgehead atoms. The third-order valence-electron chi connectivity index (χ3n) is 2.75. The van der Waals surface area contributed by atoms with Gasteiger partial charge in [0.15, 0.2) is 0 Å². The van der Waals surface area contributed by atoms with Crippen LogP contribution in [-0.2, 0) is 17.8 Å². The molecular weight excluding hydrogens is 214 g/mol. The molecule has 1 N–H and O–H groups in total. The molecule has 17 heavy (non-hydrogen) atoms. The number of hydrogen-bond acceptors (Lipinski definition) is 3. The van der Waals surface area contributed by atoms with Crippen LogP contribution in [0.5, 0.6) is 0 Å². The van der Waals surface area contributed by atoms with E-state index in [1.807, 2.05) is 6.33 Å². The average molecular weight is 239 g/mol. The summed E-state index contributed by atoms with van der Waals surface area (Å²) < 4.78 is 7.16. The van der Waals surface area contributed by atoms with E-state index in [4.69, 9.17) is 4.74 Å². The molecule has 4 nitrogen and oxygen atoms in total. The van der Waals surface area contributed by atoms with Crippen LogP contribution >= 0.6 is 0 Å². The van der Waals surface area contributed by atoms with E-state index in [-0.39, 0.29) is 0 Å². The summed E-state index contributed by atoms with van der Waals surface area (Å²) in [5.74, 6) is 0. The topological polar surface area (TPSA) is 39.1 Å². The van der Waals surface area contributed by atoms with Crippen molar-refractivity contribution in [3.63, 3.8) is 0 Å². The molecular formula is C13H25N3O. The number of methoxy groups -OCH3 is 1. The molecule has 98 valence electrons. The van der Waals surface area contributed by atoms with E-state index in [0.717, 1.165) is 31.9 Å². The van der Waals surface area contributed by atoms with Crippen LogP contribution in [0.3, 0.4) is 0 Å². The molecule has 1 aromatic heterocycles. The average Bonchev–Trinajstić information content (AvgIpc) is 2.78. The minimum atomic E-state index is 0.748. The van der Waals surface area contributed by atoms with Crippen LogP contribution in [0.15, 0.2) is 12.5 Å². The van der Waals surface area contributed by atoms with Crippen LogP contribution in [0, 0.1) is 0 Å². The fourth-order valence-corrected chi connectivity index (χ4v) is 1.73. The molecule has 0 aliphatic rings. The van der Waals surface area contributed by atoms with Crippen molar-refractivity contribution in [2.75, 3.05) is 20.3 Å². The lowest BCUT2D eigenvalue weighted by Gasteiger charge is -2.02. The third-order valence-corrected chi connectivity index (χ3v) is 2.75. The van der Waals surface area contributed by atoms with Crippen molar-refractivity contribution >= 4 is 0 Å². The highest BCUT2D eigenvalue weighted by atomic mass is 16.5. The molecule has 1 rings (SSSR count). The summed E-state index contributed by atoms with van der Waals surface area (Å²) in [5.41, 5.74) is 1.11. The van der Waals surface area contributed by atoms with E-state index in [1.165, 1.54) is 25.7 Å². The van der Waals surface area contributed by atoms with Gasteiger partial charge in [0, 0.05) is 32.9 Å². The lowest BCUT2D eigenvalue weighted by Crippen LogP contribution is -2.18. The van der Waals surface area contributed by atoms with Crippen molar-refractivity contribution in [3.8, 4) is 0 Å². The first-order chi connectivity index (χ1) is 8.36. The van der Waals surface area contributed by atoms with Crippen molar-refractivity contribution in [1.29, 1.82) is 0 Å². The first-order valence-corrected chi connectivity index (χ1v) is 6.57. The van der Waals surface area contributed by atoms with Gasteiger partial charge in [-0.1, -0.05) is 26.2 Å². The quantitative estimate of drug-likeness (QED) is 0.636. The molecule has 1 heterocycles. The van der Waals surface area contributed by atoms with E-state index in [1.54, 1.807) is 7.11 Å². The van der Waals surface area contributed by atoms with Crippen molar-refractivity contribution in [2.45, 2.75) is 45.7 Å². The number of imidazole rings is 1. The maximum atomic E-state index is 4.97. The van der Waals surface area contributed by atoms with Crippen molar-refractivity contribution in [3.05, 3.63) is 18.2 Å². The Morgan fingerprint density at radius 1 is 1.35 bits per heavy atom. The van der Waals surface area contributed by atoms with Gasteiger partial charge < -0.3 is 14.6 Å². The highest BCUT2D eigenvalue weighted by molar-refractivity contribution is 4.95. The Morgan fingerprint density at radius 2 is 2.24 bits per heavy atom. The van der Waals surface area contributed by atoms with Gasteiger partial charge in [-0.15, -0.1) is 0 Å². The molecule has 0 amide bonds. The second kappa shape index (κ2) is 9.19. The maximum Gasteiger partial charge on any atom is 0.0949 e. The Morgan fingerprint density at radius 3 is 3.00 bits per heavy atom. The predicted molar refractivity (Wildman–Crippen MR) is 70.0 cm³/mol. The standard InChI is InChI=1S/C13H25N3O/c1-3-4-5-6-8-16-11-13(15-12-16)10-14-7-9-17-2/h11-12,14H,3-10H2,1-2H3. The Labute approximate surface area is 104 Å². The minimum absolute atomic E-state index is 0.748. The van der Waals surface area contributed by atoms with Crippen molar-refractivity contribution in [2.24, 2.45) is 0 Å². The highest BCUT2D eigenvalue weighted by Crippen LogP contribution is 2.03. The van der Waals surface area contributed by atoms with Gasteiger partial charge in [0.2, 0.25) is 0 Å².